The van der Waals surface area contributed by atoms with Gasteiger partial charge >= 0.3 is 0 Å². The van der Waals surface area contributed by atoms with Crippen molar-refractivity contribution in [3.8, 4) is 0 Å². The van der Waals surface area contributed by atoms with Crippen LogP contribution in [-0.2, 0) is 6.54 Å². The summed E-state index contributed by atoms with van der Waals surface area (Å²) in [5.41, 5.74) is 1.15. The first-order valence-corrected chi connectivity index (χ1v) is 7.76. The molecule has 0 bridgehead atoms. The molecule has 1 aromatic rings. The maximum absolute atomic E-state index is 8.68. The fourth-order valence-electron chi connectivity index (χ4n) is 2.78. The van der Waals surface area contributed by atoms with E-state index in [9.17, 15) is 0 Å². The van der Waals surface area contributed by atoms with E-state index in [0.29, 0.717) is 12.6 Å². The minimum Gasteiger partial charge on any atom is -0.396 e. The molecular formula is C15H27N3O. The van der Waals surface area contributed by atoms with Gasteiger partial charge < -0.3 is 10.4 Å². The summed E-state index contributed by atoms with van der Waals surface area (Å²) in [7, 11) is 0. The Balaban J connectivity index is 1.58. The van der Waals surface area contributed by atoms with Crippen LogP contribution in [0.5, 0.6) is 0 Å². The molecule has 0 aliphatic heterocycles. The lowest BCUT2D eigenvalue weighted by Crippen LogP contribution is -2.15. The van der Waals surface area contributed by atoms with E-state index in [1.807, 2.05) is 0 Å². The molecule has 108 valence electrons. The minimum absolute atomic E-state index is 0.325. The second kappa shape index (κ2) is 8.33. The largest absolute Gasteiger partial charge is 0.396 e. The molecule has 0 aromatic carbocycles. The molecule has 1 aromatic heterocycles. The Kier molecular flexibility index (Phi) is 6.37. The Morgan fingerprint density at radius 3 is 2.79 bits per heavy atom. The van der Waals surface area contributed by atoms with Gasteiger partial charge in [-0.15, -0.1) is 0 Å². The number of hydrogen-bond acceptors (Lipinski definition) is 3. The predicted molar refractivity (Wildman–Crippen MR) is 77.0 cm³/mol. The highest BCUT2D eigenvalue weighted by Gasteiger charge is 2.17. The third kappa shape index (κ3) is 4.96. The van der Waals surface area contributed by atoms with Gasteiger partial charge in [0.15, 0.2) is 0 Å². The van der Waals surface area contributed by atoms with Crippen LogP contribution in [-0.4, -0.2) is 28.0 Å². The Bertz CT molecular complexity index is 345. The SMILES string of the molecule is OCCCCCCNCc1ccn(C2CCCC2)n1. The van der Waals surface area contributed by atoms with Crippen molar-refractivity contribution in [3.63, 3.8) is 0 Å². The highest BCUT2D eigenvalue weighted by Crippen LogP contribution is 2.28. The molecule has 0 unspecified atom stereocenters. The Hall–Kier alpha value is -0.870. The van der Waals surface area contributed by atoms with Gasteiger partial charge in [0.2, 0.25) is 0 Å². The van der Waals surface area contributed by atoms with Crippen LogP contribution in [0.25, 0.3) is 0 Å². The lowest BCUT2D eigenvalue weighted by molar-refractivity contribution is 0.282. The zero-order valence-electron chi connectivity index (χ0n) is 11.9. The molecular weight excluding hydrogens is 238 g/mol. The average molecular weight is 265 g/mol. The highest BCUT2D eigenvalue weighted by molar-refractivity contribution is 4.99. The molecule has 1 aliphatic carbocycles. The fraction of sp³-hybridized carbons (Fsp3) is 0.800. The molecule has 2 rings (SSSR count). The van der Waals surface area contributed by atoms with Crippen LogP contribution in [0.4, 0.5) is 0 Å². The molecule has 0 radical (unpaired) electrons. The predicted octanol–water partition coefficient (Wildman–Crippen LogP) is 2.64. The van der Waals surface area contributed by atoms with Gasteiger partial charge in [0.1, 0.15) is 0 Å². The molecule has 2 N–H and O–H groups in total. The molecule has 4 heteroatoms. The van der Waals surface area contributed by atoms with E-state index in [4.69, 9.17) is 5.11 Å². The van der Waals surface area contributed by atoms with Crippen LogP contribution in [0.2, 0.25) is 0 Å². The monoisotopic (exact) mass is 265 g/mol. The molecule has 1 heterocycles. The maximum atomic E-state index is 8.68. The fourth-order valence-corrected chi connectivity index (χ4v) is 2.78. The molecule has 0 atom stereocenters. The van der Waals surface area contributed by atoms with Crippen molar-refractivity contribution in [2.45, 2.75) is 64.0 Å². The number of aromatic nitrogens is 2. The molecule has 1 fully saturated rings. The van der Waals surface area contributed by atoms with Crippen molar-refractivity contribution in [3.05, 3.63) is 18.0 Å². The van der Waals surface area contributed by atoms with Gasteiger partial charge in [0.05, 0.1) is 11.7 Å². The Morgan fingerprint density at radius 2 is 2.00 bits per heavy atom. The normalized spacial score (nSPS) is 16.3. The van der Waals surface area contributed by atoms with E-state index in [-0.39, 0.29) is 0 Å². The second-order valence-corrected chi connectivity index (χ2v) is 5.54. The standard InChI is InChI=1S/C15H27N3O/c19-12-6-2-1-5-10-16-13-14-9-11-18(17-14)15-7-3-4-8-15/h9,11,15-16,19H,1-8,10,12-13H2. The first-order valence-electron chi connectivity index (χ1n) is 7.76. The zero-order chi connectivity index (χ0) is 13.3. The van der Waals surface area contributed by atoms with E-state index < -0.39 is 0 Å². The quantitative estimate of drug-likeness (QED) is 0.675. The summed E-state index contributed by atoms with van der Waals surface area (Å²) in [6, 6.07) is 2.78. The van der Waals surface area contributed by atoms with Crippen molar-refractivity contribution in [1.29, 1.82) is 0 Å². The van der Waals surface area contributed by atoms with Gasteiger partial charge in [-0.05, 0) is 38.3 Å². The van der Waals surface area contributed by atoms with Crippen LogP contribution in [0.15, 0.2) is 12.3 Å². The molecule has 19 heavy (non-hydrogen) atoms. The van der Waals surface area contributed by atoms with Crippen LogP contribution in [0.1, 0.15) is 63.1 Å². The molecule has 1 aliphatic rings. The number of aliphatic hydroxyl groups is 1. The van der Waals surface area contributed by atoms with E-state index in [1.54, 1.807) is 0 Å². The van der Waals surface area contributed by atoms with Crippen molar-refractivity contribution >= 4 is 0 Å². The summed E-state index contributed by atoms with van der Waals surface area (Å²) in [6.07, 6.45) is 11.9. The van der Waals surface area contributed by atoms with E-state index >= 15 is 0 Å². The maximum Gasteiger partial charge on any atom is 0.0762 e. The first kappa shape index (κ1) is 14.5. The summed E-state index contributed by atoms with van der Waals surface area (Å²) >= 11 is 0. The van der Waals surface area contributed by atoms with Crippen molar-refractivity contribution < 1.29 is 5.11 Å². The number of rotatable bonds is 9. The second-order valence-electron chi connectivity index (χ2n) is 5.54. The van der Waals surface area contributed by atoms with E-state index in [2.05, 4.69) is 27.4 Å². The van der Waals surface area contributed by atoms with Crippen LogP contribution in [0.3, 0.4) is 0 Å². The summed E-state index contributed by atoms with van der Waals surface area (Å²) < 4.78 is 2.16. The Morgan fingerprint density at radius 1 is 1.21 bits per heavy atom. The van der Waals surface area contributed by atoms with Gasteiger partial charge in [-0.3, -0.25) is 4.68 Å². The lowest BCUT2D eigenvalue weighted by Gasteiger charge is -2.09. The number of nitrogens with one attached hydrogen (secondary N) is 1. The van der Waals surface area contributed by atoms with Crippen LogP contribution < -0.4 is 5.32 Å². The van der Waals surface area contributed by atoms with Gasteiger partial charge in [-0.1, -0.05) is 25.7 Å². The van der Waals surface area contributed by atoms with Crippen LogP contribution >= 0.6 is 0 Å². The lowest BCUT2D eigenvalue weighted by atomic mass is 10.2. The molecule has 0 saturated heterocycles. The third-order valence-corrected chi connectivity index (χ3v) is 3.93. The zero-order valence-corrected chi connectivity index (χ0v) is 11.9. The first-order chi connectivity index (χ1) is 9.40. The summed E-state index contributed by atoms with van der Waals surface area (Å²) in [4.78, 5) is 0. The average Bonchev–Trinajstić information content (AvgIpc) is 3.08. The van der Waals surface area contributed by atoms with Gasteiger partial charge in [0.25, 0.3) is 0 Å². The van der Waals surface area contributed by atoms with Gasteiger partial charge in [-0.25, -0.2) is 0 Å². The number of aliphatic hydroxyl groups excluding tert-OH is 1. The summed E-state index contributed by atoms with van der Waals surface area (Å²) in [5, 5.41) is 16.8. The number of hydrogen-bond donors (Lipinski definition) is 2. The Labute approximate surface area is 116 Å². The van der Waals surface area contributed by atoms with Crippen LogP contribution in [0, 0.1) is 0 Å². The van der Waals surface area contributed by atoms with E-state index in [0.717, 1.165) is 31.6 Å². The molecule has 0 amide bonds. The summed E-state index contributed by atoms with van der Waals surface area (Å²) in [5.74, 6) is 0. The highest BCUT2D eigenvalue weighted by atomic mass is 16.2. The van der Waals surface area contributed by atoms with E-state index in [1.165, 1.54) is 38.5 Å². The minimum atomic E-state index is 0.325. The molecule has 1 saturated carbocycles. The van der Waals surface area contributed by atoms with Gasteiger partial charge in [0, 0.05) is 19.3 Å². The number of nitrogens with zero attached hydrogens (tertiary/aromatic N) is 2. The topological polar surface area (TPSA) is 50.1 Å². The van der Waals surface area contributed by atoms with Crippen molar-refractivity contribution in [1.82, 2.24) is 15.1 Å². The molecule has 0 spiro atoms. The van der Waals surface area contributed by atoms with Crippen molar-refractivity contribution in [2.24, 2.45) is 0 Å². The summed E-state index contributed by atoms with van der Waals surface area (Å²) in [6.45, 7) is 2.24. The molecule has 4 nitrogen and oxygen atoms in total. The van der Waals surface area contributed by atoms with Gasteiger partial charge in [-0.2, -0.15) is 5.10 Å². The number of unbranched alkanes of at least 4 members (excludes halogenated alkanes) is 3. The van der Waals surface area contributed by atoms with Crippen molar-refractivity contribution in [2.75, 3.05) is 13.2 Å². The smallest absolute Gasteiger partial charge is 0.0762 e. The third-order valence-electron chi connectivity index (χ3n) is 3.93.